The molecule has 0 aromatic heterocycles. The van der Waals surface area contributed by atoms with Crippen molar-refractivity contribution in [2.45, 2.75) is 12.8 Å². The van der Waals surface area contributed by atoms with Gasteiger partial charge in [0.15, 0.2) is 0 Å². The third-order valence-electron chi connectivity index (χ3n) is 6.95. The zero-order valence-electron chi connectivity index (χ0n) is 15.8. The molecule has 1 heterocycles. The summed E-state index contributed by atoms with van der Waals surface area (Å²) in [7, 11) is 0. The fraction of sp³-hybridized carbons (Fsp3) is 0.292. The fourth-order valence-electron chi connectivity index (χ4n) is 5.67. The summed E-state index contributed by atoms with van der Waals surface area (Å²) in [5.41, 5.74) is 5.54. The van der Waals surface area contributed by atoms with E-state index in [2.05, 4.69) is 29.6 Å². The van der Waals surface area contributed by atoms with E-state index in [9.17, 15) is 14.4 Å². The number of benzene rings is 2. The van der Waals surface area contributed by atoms with Crippen LogP contribution in [0, 0.1) is 23.7 Å². The van der Waals surface area contributed by atoms with Crippen molar-refractivity contribution in [3.05, 3.63) is 65.7 Å². The molecular formula is C24H20N2O3. The molecule has 2 fully saturated rings. The van der Waals surface area contributed by atoms with Crippen LogP contribution in [0.3, 0.4) is 0 Å². The summed E-state index contributed by atoms with van der Waals surface area (Å²) in [4.78, 5) is 39.3. The number of nitrogens with zero attached hydrogens (tertiary/aromatic N) is 1. The van der Waals surface area contributed by atoms with Crippen LogP contribution in [0.25, 0.3) is 11.1 Å². The highest BCUT2D eigenvalue weighted by molar-refractivity contribution is 6.09. The molecule has 4 atom stereocenters. The molecule has 1 saturated heterocycles. The Balaban J connectivity index is 1.19. The highest BCUT2D eigenvalue weighted by Crippen LogP contribution is 2.52. The minimum atomic E-state index is -0.335. The van der Waals surface area contributed by atoms with Gasteiger partial charge in [-0.05, 0) is 59.1 Å². The van der Waals surface area contributed by atoms with E-state index in [-0.39, 0.29) is 47.9 Å². The lowest BCUT2D eigenvalue weighted by atomic mass is 9.85. The number of hydrogen-bond donors (Lipinski definition) is 1. The number of carbonyl (C=O) groups excluding carboxylic acids is 3. The second-order valence-electron chi connectivity index (χ2n) is 8.52. The molecule has 1 saturated carbocycles. The molecule has 0 radical (unpaired) electrons. The van der Waals surface area contributed by atoms with E-state index >= 15 is 0 Å². The molecule has 3 aliphatic carbocycles. The maximum Gasteiger partial charge on any atom is 0.244 e. The zero-order chi connectivity index (χ0) is 19.7. The van der Waals surface area contributed by atoms with Crippen LogP contribution in [0.2, 0.25) is 0 Å². The van der Waals surface area contributed by atoms with Gasteiger partial charge in [0.2, 0.25) is 17.7 Å². The molecule has 5 nitrogen and oxygen atoms in total. The predicted octanol–water partition coefficient (Wildman–Crippen LogP) is 3.00. The van der Waals surface area contributed by atoms with E-state index in [1.165, 1.54) is 21.6 Å². The first-order valence-electron chi connectivity index (χ1n) is 10.1. The van der Waals surface area contributed by atoms with Crippen LogP contribution in [0.15, 0.2) is 54.6 Å². The summed E-state index contributed by atoms with van der Waals surface area (Å²) in [6.07, 6.45) is 5.91. The van der Waals surface area contributed by atoms with Crippen molar-refractivity contribution in [2.75, 3.05) is 11.9 Å². The molecule has 3 amide bonds. The van der Waals surface area contributed by atoms with Gasteiger partial charge in [-0.2, -0.15) is 0 Å². The lowest BCUT2D eigenvalue weighted by Crippen LogP contribution is -2.39. The quantitative estimate of drug-likeness (QED) is 0.558. The van der Waals surface area contributed by atoms with Crippen molar-refractivity contribution >= 4 is 23.4 Å². The average Bonchev–Trinajstić information content (AvgIpc) is 3.47. The van der Waals surface area contributed by atoms with Crippen LogP contribution in [-0.4, -0.2) is 29.2 Å². The molecule has 0 spiro atoms. The summed E-state index contributed by atoms with van der Waals surface area (Å²) in [6.45, 7) is -0.211. The van der Waals surface area contributed by atoms with Crippen molar-refractivity contribution < 1.29 is 14.4 Å². The van der Waals surface area contributed by atoms with Crippen molar-refractivity contribution in [2.24, 2.45) is 23.7 Å². The Morgan fingerprint density at radius 1 is 0.931 bits per heavy atom. The number of nitrogens with one attached hydrogen (secondary N) is 1. The van der Waals surface area contributed by atoms with Gasteiger partial charge in [0, 0.05) is 5.69 Å². The molecule has 144 valence electrons. The van der Waals surface area contributed by atoms with Gasteiger partial charge in [-0.25, -0.2) is 0 Å². The SMILES string of the molecule is O=C(CN1C(=O)[C@H]2[C@H](C1=O)[C@H]1C=C[C@H]2C1)Nc1ccc2c(c1)-c1ccccc1C2. The van der Waals surface area contributed by atoms with Gasteiger partial charge in [0.1, 0.15) is 6.54 Å². The minimum Gasteiger partial charge on any atom is -0.325 e. The minimum absolute atomic E-state index is 0.159. The molecule has 4 aliphatic rings. The number of anilines is 1. The van der Waals surface area contributed by atoms with Crippen LogP contribution in [-0.2, 0) is 20.8 Å². The third kappa shape index (κ3) is 2.36. The Morgan fingerprint density at radius 3 is 2.38 bits per heavy atom. The average molecular weight is 384 g/mol. The topological polar surface area (TPSA) is 66.5 Å². The Kier molecular flexibility index (Phi) is 3.40. The molecule has 1 N–H and O–H groups in total. The van der Waals surface area contributed by atoms with Crippen LogP contribution in [0.1, 0.15) is 17.5 Å². The second-order valence-corrected chi connectivity index (χ2v) is 8.52. The number of allylic oxidation sites excluding steroid dienone is 2. The molecule has 2 bridgehead atoms. The Morgan fingerprint density at radius 2 is 1.62 bits per heavy atom. The van der Waals surface area contributed by atoms with Crippen LogP contribution < -0.4 is 5.32 Å². The molecule has 29 heavy (non-hydrogen) atoms. The number of fused-ring (bicyclic) bond motifs is 8. The van der Waals surface area contributed by atoms with Gasteiger partial charge in [-0.3, -0.25) is 19.3 Å². The lowest BCUT2D eigenvalue weighted by molar-refractivity contribution is -0.143. The summed E-state index contributed by atoms with van der Waals surface area (Å²) < 4.78 is 0. The largest absolute Gasteiger partial charge is 0.325 e. The van der Waals surface area contributed by atoms with Crippen molar-refractivity contribution in [1.82, 2.24) is 4.90 Å². The normalized spacial score (nSPS) is 27.9. The molecule has 0 unspecified atom stereocenters. The Bertz CT molecular complexity index is 1090. The van der Waals surface area contributed by atoms with E-state index in [0.717, 1.165) is 18.4 Å². The summed E-state index contributed by atoms with van der Waals surface area (Å²) in [6, 6.07) is 14.2. The number of imide groups is 1. The van der Waals surface area contributed by atoms with E-state index in [1.807, 2.05) is 30.3 Å². The first-order chi connectivity index (χ1) is 14.1. The first kappa shape index (κ1) is 16.7. The van der Waals surface area contributed by atoms with Gasteiger partial charge in [0.05, 0.1) is 11.8 Å². The molecule has 5 heteroatoms. The van der Waals surface area contributed by atoms with Gasteiger partial charge in [-0.15, -0.1) is 0 Å². The smallest absolute Gasteiger partial charge is 0.244 e. The monoisotopic (exact) mass is 384 g/mol. The first-order valence-corrected chi connectivity index (χ1v) is 10.1. The van der Waals surface area contributed by atoms with Gasteiger partial charge >= 0.3 is 0 Å². The summed E-state index contributed by atoms with van der Waals surface area (Å²) >= 11 is 0. The number of amides is 3. The van der Waals surface area contributed by atoms with Crippen molar-refractivity contribution in [1.29, 1.82) is 0 Å². The number of carbonyl (C=O) groups is 3. The summed E-state index contributed by atoms with van der Waals surface area (Å²) in [5.74, 6) is -0.913. The highest BCUT2D eigenvalue weighted by Gasteiger charge is 2.59. The number of hydrogen-bond acceptors (Lipinski definition) is 3. The lowest BCUT2D eigenvalue weighted by Gasteiger charge is -2.17. The van der Waals surface area contributed by atoms with Gasteiger partial charge < -0.3 is 5.32 Å². The van der Waals surface area contributed by atoms with Gasteiger partial charge in [-0.1, -0.05) is 42.5 Å². The van der Waals surface area contributed by atoms with Gasteiger partial charge in [0.25, 0.3) is 0 Å². The summed E-state index contributed by atoms with van der Waals surface area (Å²) in [5, 5.41) is 2.87. The Labute approximate surface area is 168 Å². The van der Waals surface area contributed by atoms with Crippen LogP contribution >= 0.6 is 0 Å². The molecule has 2 aromatic rings. The van der Waals surface area contributed by atoms with E-state index in [0.29, 0.717) is 5.69 Å². The van der Waals surface area contributed by atoms with Crippen LogP contribution in [0.5, 0.6) is 0 Å². The molecular weight excluding hydrogens is 364 g/mol. The van der Waals surface area contributed by atoms with E-state index < -0.39 is 0 Å². The third-order valence-corrected chi connectivity index (χ3v) is 6.95. The van der Waals surface area contributed by atoms with Crippen molar-refractivity contribution in [3.63, 3.8) is 0 Å². The maximum absolute atomic E-state index is 12.8. The maximum atomic E-state index is 12.8. The van der Waals surface area contributed by atoms with Crippen molar-refractivity contribution in [3.8, 4) is 11.1 Å². The molecule has 2 aromatic carbocycles. The van der Waals surface area contributed by atoms with E-state index in [1.54, 1.807) is 0 Å². The Hall–Kier alpha value is -3.21. The van der Waals surface area contributed by atoms with E-state index in [4.69, 9.17) is 0 Å². The predicted molar refractivity (Wildman–Crippen MR) is 108 cm³/mol. The standard InChI is InChI=1S/C24H20N2O3/c27-20(12-26-23(28)21-15-5-6-16(10-15)22(21)24(26)29)25-17-8-7-14-9-13-3-1-2-4-18(13)19(14)11-17/h1-8,11,15-16,21-22H,9-10,12H2,(H,25,27)/t15-,16-,21+,22+/m0/s1. The second kappa shape index (κ2) is 5.89. The number of likely N-dealkylation sites (tertiary alicyclic amines) is 1. The number of rotatable bonds is 3. The molecule has 6 rings (SSSR count). The molecule has 1 aliphatic heterocycles. The zero-order valence-corrected chi connectivity index (χ0v) is 15.8. The van der Waals surface area contributed by atoms with Crippen LogP contribution in [0.4, 0.5) is 5.69 Å². The highest BCUT2D eigenvalue weighted by atomic mass is 16.2. The fourth-order valence-corrected chi connectivity index (χ4v) is 5.67.